The number of nitrogens with two attached hydrogens (primary N) is 1. The van der Waals surface area contributed by atoms with Crippen LogP contribution < -0.4 is 10.5 Å². The topological polar surface area (TPSA) is 81.2 Å². The number of hydrogen-bond acceptors (Lipinski definition) is 5. The number of anilines is 1. The molecule has 1 fully saturated rings. The van der Waals surface area contributed by atoms with Crippen LogP contribution in [-0.2, 0) is 4.74 Å². The van der Waals surface area contributed by atoms with Crippen LogP contribution in [-0.4, -0.2) is 24.3 Å². The van der Waals surface area contributed by atoms with Crippen molar-refractivity contribution in [2.24, 2.45) is 0 Å². The Labute approximate surface area is 100 Å². The van der Waals surface area contributed by atoms with E-state index in [1.165, 1.54) is 12.6 Å². The first-order chi connectivity index (χ1) is 8.29. The highest BCUT2D eigenvalue weighted by Crippen LogP contribution is 2.20. The fourth-order valence-electron chi connectivity index (χ4n) is 1.76. The van der Waals surface area contributed by atoms with Crippen LogP contribution in [0.25, 0.3) is 0 Å². The number of nitrogen functional groups attached to an aromatic ring is 1. The average Bonchev–Trinajstić information content (AvgIpc) is 2.38. The first kappa shape index (κ1) is 11.7. The van der Waals surface area contributed by atoms with Crippen LogP contribution in [0.2, 0.25) is 0 Å². The molecule has 1 aromatic heterocycles. The van der Waals surface area contributed by atoms with E-state index >= 15 is 0 Å². The van der Waals surface area contributed by atoms with Crippen molar-refractivity contribution in [2.45, 2.75) is 25.4 Å². The molecule has 0 saturated carbocycles. The van der Waals surface area contributed by atoms with E-state index in [0.29, 0.717) is 23.7 Å². The van der Waals surface area contributed by atoms with Gasteiger partial charge in [-0.3, -0.25) is 0 Å². The van der Waals surface area contributed by atoms with Gasteiger partial charge in [0.25, 0.3) is 0 Å². The molecule has 0 aromatic carbocycles. The lowest BCUT2D eigenvalue weighted by atomic mass is 10.1. The van der Waals surface area contributed by atoms with Gasteiger partial charge in [-0.05, 0) is 25.3 Å². The molecule has 17 heavy (non-hydrogen) atoms. The van der Waals surface area contributed by atoms with E-state index in [4.69, 9.17) is 20.5 Å². The van der Waals surface area contributed by atoms with E-state index in [1.54, 1.807) is 6.07 Å². The second-order valence-corrected chi connectivity index (χ2v) is 4.03. The Hall–Kier alpha value is -1.80. The summed E-state index contributed by atoms with van der Waals surface area (Å²) < 4.78 is 11.0. The van der Waals surface area contributed by atoms with E-state index in [9.17, 15) is 0 Å². The third-order valence-electron chi connectivity index (χ3n) is 2.69. The second-order valence-electron chi connectivity index (χ2n) is 4.03. The van der Waals surface area contributed by atoms with Gasteiger partial charge >= 0.3 is 0 Å². The largest absolute Gasteiger partial charge is 0.473 e. The van der Waals surface area contributed by atoms with Crippen molar-refractivity contribution in [3.8, 4) is 11.9 Å². The SMILES string of the molecule is N#Cc1cnc(OCC2CCCCO2)c(N)c1. The lowest BCUT2D eigenvalue weighted by Gasteiger charge is -2.22. The molecule has 1 aromatic rings. The predicted octanol–water partition coefficient (Wildman–Crippen LogP) is 1.48. The molecule has 0 amide bonds. The van der Waals surface area contributed by atoms with Crippen LogP contribution in [0.4, 0.5) is 5.69 Å². The highest BCUT2D eigenvalue weighted by molar-refractivity contribution is 5.51. The Morgan fingerprint density at radius 2 is 2.47 bits per heavy atom. The predicted molar refractivity (Wildman–Crippen MR) is 62.5 cm³/mol. The molecule has 0 spiro atoms. The van der Waals surface area contributed by atoms with E-state index in [1.807, 2.05) is 6.07 Å². The summed E-state index contributed by atoms with van der Waals surface area (Å²) in [7, 11) is 0. The quantitative estimate of drug-likeness (QED) is 0.855. The fourth-order valence-corrected chi connectivity index (χ4v) is 1.76. The minimum Gasteiger partial charge on any atom is -0.473 e. The summed E-state index contributed by atoms with van der Waals surface area (Å²) >= 11 is 0. The lowest BCUT2D eigenvalue weighted by molar-refractivity contribution is -0.0117. The highest BCUT2D eigenvalue weighted by Gasteiger charge is 2.15. The molecule has 5 heteroatoms. The number of aromatic nitrogens is 1. The molecule has 2 N–H and O–H groups in total. The number of ether oxygens (including phenoxy) is 2. The van der Waals surface area contributed by atoms with Gasteiger partial charge in [0.15, 0.2) is 0 Å². The van der Waals surface area contributed by atoms with Crippen LogP contribution in [0, 0.1) is 11.3 Å². The molecule has 1 saturated heterocycles. The maximum atomic E-state index is 8.68. The van der Waals surface area contributed by atoms with E-state index in [-0.39, 0.29) is 6.10 Å². The van der Waals surface area contributed by atoms with Crippen LogP contribution in [0.3, 0.4) is 0 Å². The number of hydrogen-bond donors (Lipinski definition) is 1. The summed E-state index contributed by atoms with van der Waals surface area (Å²) in [4.78, 5) is 4.01. The molecule has 2 heterocycles. The Morgan fingerprint density at radius 3 is 3.12 bits per heavy atom. The molecule has 2 rings (SSSR count). The van der Waals surface area contributed by atoms with Crippen molar-refractivity contribution in [2.75, 3.05) is 18.9 Å². The number of nitrogens with zero attached hydrogens (tertiary/aromatic N) is 2. The van der Waals surface area contributed by atoms with Crippen LogP contribution in [0.15, 0.2) is 12.3 Å². The summed E-state index contributed by atoms with van der Waals surface area (Å²) in [5, 5.41) is 8.68. The summed E-state index contributed by atoms with van der Waals surface area (Å²) in [5.74, 6) is 0.373. The van der Waals surface area contributed by atoms with Gasteiger partial charge < -0.3 is 15.2 Å². The fraction of sp³-hybridized carbons (Fsp3) is 0.500. The third kappa shape index (κ3) is 3.08. The molecule has 90 valence electrons. The van der Waals surface area contributed by atoms with E-state index in [2.05, 4.69) is 4.98 Å². The molecule has 0 bridgehead atoms. The smallest absolute Gasteiger partial charge is 0.237 e. The molecule has 1 aliphatic heterocycles. The number of nitriles is 1. The van der Waals surface area contributed by atoms with Crippen molar-refractivity contribution in [3.05, 3.63) is 17.8 Å². The summed E-state index contributed by atoms with van der Waals surface area (Å²) in [6, 6.07) is 3.54. The summed E-state index contributed by atoms with van der Waals surface area (Å²) in [6.45, 7) is 1.26. The van der Waals surface area contributed by atoms with Crippen molar-refractivity contribution < 1.29 is 9.47 Å². The average molecular weight is 233 g/mol. The van der Waals surface area contributed by atoms with Gasteiger partial charge in [-0.2, -0.15) is 5.26 Å². The van der Waals surface area contributed by atoms with Crippen LogP contribution >= 0.6 is 0 Å². The van der Waals surface area contributed by atoms with E-state index in [0.717, 1.165) is 19.4 Å². The van der Waals surface area contributed by atoms with Crippen LogP contribution in [0.1, 0.15) is 24.8 Å². The standard InChI is InChI=1S/C12H15N3O2/c13-6-9-5-11(14)12(15-7-9)17-8-10-3-1-2-4-16-10/h5,7,10H,1-4,8,14H2. The summed E-state index contributed by atoms with van der Waals surface area (Å²) in [6.07, 6.45) is 4.88. The Bertz CT molecular complexity index is 422. The Morgan fingerprint density at radius 1 is 1.59 bits per heavy atom. The molecule has 5 nitrogen and oxygen atoms in total. The zero-order chi connectivity index (χ0) is 12.1. The van der Waals surface area contributed by atoms with Crippen LogP contribution in [0.5, 0.6) is 5.88 Å². The monoisotopic (exact) mass is 233 g/mol. The van der Waals surface area contributed by atoms with Gasteiger partial charge in [0.05, 0.1) is 17.4 Å². The zero-order valence-electron chi connectivity index (χ0n) is 9.56. The van der Waals surface area contributed by atoms with Gasteiger partial charge in [-0.1, -0.05) is 0 Å². The zero-order valence-corrected chi connectivity index (χ0v) is 9.56. The minimum atomic E-state index is 0.126. The van der Waals surface area contributed by atoms with Gasteiger partial charge in [0.2, 0.25) is 5.88 Å². The lowest BCUT2D eigenvalue weighted by Crippen LogP contribution is -2.26. The molecular weight excluding hydrogens is 218 g/mol. The first-order valence-corrected chi connectivity index (χ1v) is 5.69. The molecular formula is C12H15N3O2. The van der Waals surface area contributed by atoms with Crippen molar-refractivity contribution in [1.82, 2.24) is 4.98 Å². The van der Waals surface area contributed by atoms with Gasteiger partial charge in [-0.15, -0.1) is 0 Å². The van der Waals surface area contributed by atoms with Gasteiger partial charge in [0, 0.05) is 12.8 Å². The summed E-state index contributed by atoms with van der Waals surface area (Å²) in [5.41, 5.74) is 6.56. The molecule has 1 unspecified atom stereocenters. The first-order valence-electron chi connectivity index (χ1n) is 5.69. The maximum Gasteiger partial charge on any atom is 0.237 e. The van der Waals surface area contributed by atoms with Gasteiger partial charge in [-0.25, -0.2) is 4.98 Å². The second kappa shape index (κ2) is 5.51. The molecule has 1 atom stereocenters. The van der Waals surface area contributed by atoms with E-state index < -0.39 is 0 Å². The maximum absolute atomic E-state index is 8.68. The molecule has 0 aliphatic carbocycles. The van der Waals surface area contributed by atoms with Gasteiger partial charge in [0.1, 0.15) is 12.7 Å². The normalized spacial score (nSPS) is 19.6. The van der Waals surface area contributed by atoms with Crippen molar-refractivity contribution in [3.63, 3.8) is 0 Å². The number of pyridine rings is 1. The highest BCUT2D eigenvalue weighted by atomic mass is 16.5. The Kier molecular flexibility index (Phi) is 3.78. The molecule has 1 aliphatic rings. The Balaban J connectivity index is 1.92. The number of rotatable bonds is 3. The van der Waals surface area contributed by atoms with Crippen molar-refractivity contribution in [1.29, 1.82) is 5.26 Å². The molecule has 0 radical (unpaired) electrons. The third-order valence-corrected chi connectivity index (χ3v) is 2.69. The minimum absolute atomic E-state index is 0.126. The van der Waals surface area contributed by atoms with Crippen molar-refractivity contribution >= 4 is 5.69 Å².